The zero-order valence-electron chi connectivity index (χ0n) is 25.3. The third-order valence-electron chi connectivity index (χ3n) is 8.85. The van der Waals surface area contributed by atoms with Crippen LogP contribution in [0.5, 0.6) is 0 Å². The number of benzene rings is 6. The largest absolute Gasteiger partial charge is 0.310 e. The Hall–Kier alpha value is -4.92. The number of para-hydroxylation sites is 2. The molecule has 0 heterocycles. The first-order chi connectivity index (χ1) is 20.9. The number of hydrogen-bond acceptors (Lipinski definition) is 1. The number of quaternary nitrogens is 1. The van der Waals surface area contributed by atoms with Crippen molar-refractivity contribution in [1.82, 2.24) is 0 Å². The average Bonchev–Trinajstić information content (AvgIpc) is 3.24. The van der Waals surface area contributed by atoms with E-state index >= 15 is 0 Å². The van der Waals surface area contributed by atoms with E-state index in [2.05, 4.69) is 178 Å². The van der Waals surface area contributed by atoms with E-state index in [-0.39, 0.29) is 5.41 Å². The number of fused-ring (bicyclic) bond motifs is 3. The van der Waals surface area contributed by atoms with E-state index in [1.165, 1.54) is 55.3 Å². The Balaban J connectivity index is 1.41. The average molecular weight is 558 g/mol. The molecule has 43 heavy (non-hydrogen) atoms. The third kappa shape index (κ3) is 4.84. The summed E-state index contributed by atoms with van der Waals surface area (Å²) in [4.78, 5) is 3.64. The predicted molar refractivity (Wildman–Crippen MR) is 181 cm³/mol. The van der Waals surface area contributed by atoms with Gasteiger partial charge in [0.15, 0.2) is 0 Å². The topological polar surface area (TPSA) is 7.68 Å². The highest BCUT2D eigenvalue weighted by Gasteiger charge is 2.37. The maximum Gasteiger partial charge on any atom is 0.141 e. The van der Waals surface area contributed by atoms with Gasteiger partial charge >= 0.3 is 0 Å². The molecule has 0 spiro atoms. The molecule has 0 saturated heterocycles. The van der Waals surface area contributed by atoms with Crippen LogP contribution in [0, 0.1) is 13.8 Å². The van der Waals surface area contributed by atoms with Gasteiger partial charge in [-0.1, -0.05) is 86.6 Å². The molecule has 0 saturated carbocycles. The zero-order chi connectivity index (χ0) is 29.6. The van der Waals surface area contributed by atoms with E-state index in [0.717, 1.165) is 17.1 Å². The van der Waals surface area contributed by atoms with Gasteiger partial charge in [-0.15, -0.1) is 0 Å². The SMILES string of the molecule is Cc1cccc(N(c2ccccc2)c2ccc3c(c2)-c2cc([NH+](c4ccccc4)c4cccc(C)c4)ccc2C3(C)C)c1. The van der Waals surface area contributed by atoms with Crippen molar-refractivity contribution in [2.45, 2.75) is 33.1 Å². The number of rotatable bonds is 6. The van der Waals surface area contributed by atoms with Crippen molar-refractivity contribution < 1.29 is 4.90 Å². The molecule has 0 fully saturated rings. The van der Waals surface area contributed by atoms with Crippen molar-refractivity contribution in [2.24, 2.45) is 0 Å². The lowest BCUT2D eigenvalue weighted by Crippen LogP contribution is -2.96. The van der Waals surface area contributed by atoms with Crippen LogP contribution in [0.15, 0.2) is 146 Å². The highest BCUT2D eigenvalue weighted by molar-refractivity contribution is 5.87. The van der Waals surface area contributed by atoms with Crippen molar-refractivity contribution in [3.63, 3.8) is 0 Å². The molecule has 0 amide bonds. The predicted octanol–water partition coefficient (Wildman–Crippen LogP) is 10.3. The second kappa shape index (κ2) is 10.7. The number of anilines is 3. The van der Waals surface area contributed by atoms with Gasteiger partial charge in [-0.3, -0.25) is 0 Å². The minimum atomic E-state index is -0.0844. The lowest BCUT2D eigenvalue weighted by Gasteiger charge is -2.27. The van der Waals surface area contributed by atoms with Crippen molar-refractivity contribution >= 4 is 34.1 Å². The second-order valence-electron chi connectivity index (χ2n) is 12.2. The number of hydrogen-bond donors (Lipinski definition) is 1. The van der Waals surface area contributed by atoms with Gasteiger partial charge in [0.25, 0.3) is 0 Å². The maximum atomic E-state index is 2.43. The van der Waals surface area contributed by atoms with E-state index in [1.807, 2.05) is 0 Å². The summed E-state index contributed by atoms with van der Waals surface area (Å²) in [5.74, 6) is 0. The van der Waals surface area contributed by atoms with Crippen LogP contribution in [0.2, 0.25) is 0 Å². The van der Waals surface area contributed by atoms with E-state index in [0.29, 0.717) is 0 Å². The molecule has 2 nitrogen and oxygen atoms in total. The maximum absolute atomic E-state index is 2.43. The molecule has 0 bridgehead atoms. The van der Waals surface area contributed by atoms with Crippen LogP contribution in [0.1, 0.15) is 36.1 Å². The third-order valence-corrected chi connectivity index (χ3v) is 8.85. The number of nitrogens with one attached hydrogen (secondary N) is 1. The van der Waals surface area contributed by atoms with Crippen molar-refractivity contribution in [3.8, 4) is 11.1 Å². The summed E-state index contributed by atoms with van der Waals surface area (Å²) in [5, 5.41) is 0. The van der Waals surface area contributed by atoms with Crippen LogP contribution >= 0.6 is 0 Å². The summed E-state index contributed by atoms with van der Waals surface area (Å²) in [5.41, 5.74) is 15.0. The van der Waals surface area contributed by atoms with Gasteiger partial charge < -0.3 is 4.90 Å². The van der Waals surface area contributed by atoms with E-state index in [1.54, 1.807) is 0 Å². The lowest BCUT2D eigenvalue weighted by molar-refractivity contribution is -0.681. The highest BCUT2D eigenvalue weighted by atomic mass is 15.1. The normalized spacial score (nSPS) is 13.7. The van der Waals surface area contributed by atoms with Crippen LogP contribution in [-0.2, 0) is 5.41 Å². The molecule has 6 aromatic rings. The number of nitrogens with zero attached hydrogens (tertiary/aromatic N) is 1. The molecule has 210 valence electrons. The van der Waals surface area contributed by atoms with Crippen molar-refractivity contribution in [2.75, 3.05) is 4.90 Å². The molecule has 7 rings (SSSR count). The summed E-state index contributed by atoms with van der Waals surface area (Å²) < 4.78 is 0. The van der Waals surface area contributed by atoms with Gasteiger partial charge in [0.05, 0.1) is 0 Å². The fraction of sp³-hybridized carbons (Fsp3) is 0.122. The molecule has 1 unspecified atom stereocenters. The standard InChI is InChI=1S/C41H36N2/c1-29-13-11-19-33(25-29)42(31-15-7-5-8-16-31)35-21-23-39-37(27-35)38-28-36(22-24-40(38)41(39,3)4)43(32-17-9-6-10-18-32)34-20-12-14-30(2)26-34/h5-28H,1-4H3/p+1. The molecule has 2 heteroatoms. The minimum Gasteiger partial charge on any atom is -0.310 e. The smallest absolute Gasteiger partial charge is 0.141 e. The molecule has 0 aromatic heterocycles. The molecule has 1 aliphatic rings. The van der Waals surface area contributed by atoms with Gasteiger partial charge in [0.1, 0.15) is 17.1 Å². The quantitative estimate of drug-likeness (QED) is 0.214. The number of aryl methyl sites for hydroxylation is 2. The van der Waals surface area contributed by atoms with Crippen LogP contribution in [0.3, 0.4) is 0 Å². The van der Waals surface area contributed by atoms with E-state index in [9.17, 15) is 0 Å². The van der Waals surface area contributed by atoms with Crippen LogP contribution in [-0.4, -0.2) is 0 Å². The first-order valence-corrected chi connectivity index (χ1v) is 15.1. The van der Waals surface area contributed by atoms with Gasteiger partial charge in [0, 0.05) is 40.7 Å². The van der Waals surface area contributed by atoms with Gasteiger partial charge in [0.2, 0.25) is 0 Å². The first-order valence-electron chi connectivity index (χ1n) is 15.1. The molecule has 1 N–H and O–H groups in total. The molecule has 0 radical (unpaired) electrons. The molecule has 1 atom stereocenters. The van der Waals surface area contributed by atoms with Crippen LogP contribution in [0.4, 0.5) is 34.1 Å². The Morgan fingerprint density at radius 1 is 0.442 bits per heavy atom. The molecular weight excluding hydrogens is 520 g/mol. The Kier molecular flexibility index (Phi) is 6.72. The summed E-state index contributed by atoms with van der Waals surface area (Å²) in [6.45, 7) is 9.04. The summed E-state index contributed by atoms with van der Waals surface area (Å²) >= 11 is 0. The van der Waals surface area contributed by atoms with Crippen molar-refractivity contribution in [1.29, 1.82) is 0 Å². The Morgan fingerprint density at radius 3 is 1.67 bits per heavy atom. The summed E-state index contributed by atoms with van der Waals surface area (Å²) in [6.07, 6.45) is 0. The van der Waals surface area contributed by atoms with Gasteiger partial charge in [-0.2, -0.15) is 0 Å². The lowest BCUT2D eigenvalue weighted by atomic mass is 9.82. The second-order valence-corrected chi connectivity index (χ2v) is 12.2. The Bertz CT molecular complexity index is 1780. The first kappa shape index (κ1) is 26.9. The van der Waals surface area contributed by atoms with E-state index in [4.69, 9.17) is 0 Å². The fourth-order valence-corrected chi connectivity index (χ4v) is 6.75. The molecule has 6 aromatic carbocycles. The van der Waals surface area contributed by atoms with Crippen LogP contribution < -0.4 is 9.80 Å². The van der Waals surface area contributed by atoms with Gasteiger partial charge in [-0.25, -0.2) is 4.90 Å². The fourth-order valence-electron chi connectivity index (χ4n) is 6.75. The molecule has 0 aliphatic heterocycles. The minimum absolute atomic E-state index is 0.0844. The van der Waals surface area contributed by atoms with Gasteiger partial charge in [-0.05, 0) is 102 Å². The Labute approximate surface area is 255 Å². The van der Waals surface area contributed by atoms with Crippen molar-refractivity contribution in [3.05, 3.63) is 168 Å². The monoisotopic (exact) mass is 557 g/mol. The van der Waals surface area contributed by atoms with E-state index < -0.39 is 0 Å². The van der Waals surface area contributed by atoms with Crippen LogP contribution in [0.25, 0.3) is 11.1 Å². The summed E-state index contributed by atoms with van der Waals surface area (Å²) in [6, 6.07) is 53.3. The summed E-state index contributed by atoms with van der Waals surface area (Å²) in [7, 11) is 0. The molecular formula is C41H37N2+. The Morgan fingerprint density at radius 2 is 0.977 bits per heavy atom. The zero-order valence-corrected chi connectivity index (χ0v) is 25.3. The molecule has 1 aliphatic carbocycles. The highest BCUT2D eigenvalue weighted by Crippen LogP contribution is 2.51.